The molecule has 1 amide bonds. The topological polar surface area (TPSA) is 41.6 Å². The van der Waals surface area contributed by atoms with E-state index in [1.165, 1.54) is 16.7 Å². The van der Waals surface area contributed by atoms with E-state index in [1.54, 1.807) is 0 Å². The lowest BCUT2D eigenvalue weighted by Crippen LogP contribution is -2.55. The predicted octanol–water partition coefficient (Wildman–Crippen LogP) is 3.05. The van der Waals surface area contributed by atoms with Crippen LogP contribution in [0.25, 0.3) is 0 Å². The largest absolute Gasteiger partial charge is 0.444 e. The summed E-state index contributed by atoms with van der Waals surface area (Å²) >= 11 is 0. The van der Waals surface area contributed by atoms with Crippen molar-refractivity contribution < 1.29 is 9.53 Å². The molecule has 4 heteroatoms. The first-order valence-corrected chi connectivity index (χ1v) is 8.03. The van der Waals surface area contributed by atoms with Crippen molar-refractivity contribution in [3.63, 3.8) is 0 Å². The number of nitrogens with one attached hydrogen (secondary N) is 1. The van der Waals surface area contributed by atoms with Gasteiger partial charge in [-0.15, -0.1) is 0 Å². The van der Waals surface area contributed by atoms with Crippen molar-refractivity contribution >= 4 is 6.09 Å². The number of ether oxygens (including phenoxy) is 1. The molecule has 1 fully saturated rings. The summed E-state index contributed by atoms with van der Waals surface area (Å²) in [7, 11) is 0. The van der Waals surface area contributed by atoms with Gasteiger partial charge in [0.05, 0.1) is 6.04 Å². The maximum atomic E-state index is 12.4. The zero-order chi connectivity index (χ0) is 16.3. The summed E-state index contributed by atoms with van der Waals surface area (Å²) in [4.78, 5) is 14.3. The molecular formula is C18H28N2O2. The molecule has 0 aromatic heterocycles. The van der Waals surface area contributed by atoms with Gasteiger partial charge in [0.25, 0.3) is 0 Å². The van der Waals surface area contributed by atoms with Gasteiger partial charge in [0.15, 0.2) is 0 Å². The number of aryl methyl sites for hydroxylation is 2. The number of hydrogen-bond acceptors (Lipinski definition) is 3. The molecule has 1 N–H and O–H groups in total. The lowest BCUT2D eigenvalue weighted by Gasteiger charge is -2.37. The van der Waals surface area contributed by atoms with Gasteiger partial charge in [0.2, 0.25) is 0 Å². The fraction of sp³-hybridized carbons (Fsp3) is 0.611. The zero-order valence-electron chi connectivity index (χ0n) is 14.4. The summed E-state index contributed by atoms with van der Waals surface area (Å²) < 4.78 is 5.55. The Labute approximate surface area is 133 Å². The highest BCUT2D eigenvalue weighted by atomic mass is 16.6. The molecule has 1 atom stereocenters. The second kappa shape index (κ2) is 6.69. The van der Waals surface area contributed by atoms with Crippen LogP contribution in [0, 0.1) is 13.8 Å². The highest BCUT2D eigenvalue weighted by Crippen LogP contribution is 2.18. The van der Waals surface area contributed by atoms with Gasteiger partial charge >= 0.3 is 6.09 Å². The van der Waals surface area contributed by atoms with Crippen molar-refractivity contribution in [1.82, 2.24) is 10.2 Å². The van der Waals surface area contributed by atoms with Gasteiger partial charge in [0.1, 0.15) is 5.60 Å². The molecule has 1 aromatic rings. The second-order valence-corrected chi connectivity index (χ2v) is 7.15. The van der Waals surface area contributed by atoms with Crippen LogP contribution in [0.4, 0.5) is 4.79 Å². The lowest BCUT2D eigenvalue weighted by atomic mass is 9.99. The van der Waals surface area contributed by atoms with Crippen LogP contribution in [-0.4, -0.2) is 42.3 Å². The van der Waals surface area contributed by atoms with Gasteiger partial charge in [-0.25, -0.2) is 4.79 Å². The molecule has 2 rings (SSSR count). The SMILES string of the molecule is Cc1ccc(CC2CNCCN2C(=O)OC(C)(C)C)cc1C. The molecule has 1 aliphatic rings. The molecule has 1 unspecified atom stereocenters. The molecule has 0 aliphatic carbocycles. The molecule has 0 spiro atoms. The summed E-state index contributed by atoms with van der Waals surface area (Å²) in [6.07, 6.45) is 0.649. The Bertz CT molecular complexity index is 534. The van der Waals surface area contributed by atoms with Crippen LogP contribution in [0.5, 0.6) is 0 Å². The maximum absolute atomic E-state index is 12.4. The van der Waals surface area contributed by atoms with Crippen LogP contribution in [-0.2, 0) is 11.2 Å². The van der Waals surface area contributed by atoms with Gasteiger partial charge in [0, 0.05) is 19.6 Å². The molecule has 1 saturated heterocycles. The molecule has 0 bridgehead atoms. The number of hydrogen-bond donors (Lipinski definition) is 1. The Morgan fingerprint density at radius 3 is 2.68 bits per heavy atom. The molecule has 0 saturated carbocycles. The molecule has 0 radical (unpaired) electrons. The molecular weight excluding hydrogens is 276 g/mol. The minimum atomic E-state index is -0.451. The number of carbonyl (C=O) groups is 1. The van der Waals surface area contributed by atoms with Crippen LogP contribution in [0.2, 0.25) is 0 Å². The molecule has 122 valence electrons. The number of nitrogens with zero attached hydrogens (tertiary/aromatic N) is 1. The Kier molecular flexibility index (Phi) is 5.12. The van der Waals surface area contributed by atoms with Crippen LogP contribution in [0.15, 0.2) is 18.2 Å². The van der Waals surface area contributed by atoms with E-state index >= 15 is 0 Å². The Hall–Kier alpha value is -1.55. The third-order valence-corrected chi connectivity index (χ3v) is 4.02. The molecule has 4 nitrogen and oxygen atoms in total. The van der Waals surface area contributed by atoms with Crippen molar-refractivity contribution in [3.05, 3.63) is 34.9 Å². The molecule has 22 heavy (non-hydrogen) atoms. The van der Waals surface area contributed by atoms with Crippen molar-refractivity contribution in [2.24, 2.45) is 0 Å². The van der Waals surface area contributed by atoms with Crippen LogP contribution in [0.1, 0.15) is 37.5 Å². The quantitative estimate of drug-likeness (QED) is 0.913. The van der Waals surface area contributed by atoms with Gasteiger partial charge < -0.3 is 15.0 Å². The normalized spacial score (nSPS) is 19.1. The van der Waals surface area contributed by atoms with E-state index in [9.17, 15) is 4.79 Å². The summed E-state index contributed by atoms with van der Waals surface area (Å²) in [5.41, 5.74) is 3.41. The van der Waals surface area contributed by atoms with Gasteiger partial charge in [-0.1, -0.05) is 18.2 Å². The van der Waals surface area contributed by atoms with E-state index in [2.05, 4.69) is 37.4 Å². The van der Waals surface area contributed by atoms with E-state index < -0.39 is 5.60 Å². The first kappa shape index (κ1) is 16.8. The Balaban J connectivity index is 2.09. The Morgan fingerprint density at radius 1 is 1.32 bits per heavy atom. The van der Waals surface area contributed by atoms with Crippen molar-refractivity contribution in [1.29, 1.82) is 0 Å². The van der Waals surface area contributed by atoms with E-state index in [4.69, 9.17) is 4.74 Å². The van der Waals surface area contributed by atoms with Crippen molar-refractivity contribution in [2.45, 2.75) is 52.7 Å². The zero-order valence-corrected chi connectivity index (χ0v) is 14.4. The monoisotopic (exact) mass is 304 g/mol. The van der Waals surface area contributed by atoms with Crippen molar-refractivity contribution in [3.8, 4) is 0 Å². The minimum Gasteiger partial charge on any atom is -0.444 e. The predicted molar refractivity (Wildman–Crippen MR) is 89.2 cm³/mol. The van der Waals surface area contributed by atoms with E-state index in [0.29, 0.717) is 6.54 Å². The summed E-state index contributed by atoms with van der Waals surface area (Å²) in [6.45, 7) is 12.3. The Morgan fingerprint density at radius 2 is 2.05 bits per heavy atom. The summed E-state index contributed by atoms with van der Waals surface area (Å²) in [6, 6.07) is 6.67. The van der Waals surface area contributed by atoms with Crippen LogP contribution < -0.4 is 5.32 Å². The van der Waals surface area contributed by atoms with Crippen LogP contribution in [0.3, 0.4) is 0 Å². The van der Waals surface area contributed by atoms with E-state index in [0.717, 1.165) is 19.5 Å². The fourth-order valence-corrected chi connectivity index (χ4v) is 2.71. The van der Waals surface area contributed by atoms with Crippen LogP contribution >= 0.6 is 0 Å². The smallest absolute Gasteiger partial charge is 0.410 e. The fourth-order valence-electron chi connectivity index (χ4n) is 2.71. The van der Waals surface area contributed by atoms with Gasteiger partial charge in [-0.2, -0.15) is 0 Å². The van der Waals surface area contributed by atoms with E-state index in [-0.39, 0.29) is 12.1 Å². The molecule has 1 aromatic carbocycles. The van der Waals surface area contributed by atoms with E-state index in [1.807, 2.05) is 25.7 Å². The summed E-state index contributed by atoms with van der Waals surface area (Å²) in [5, 5.41) is 3.38. The maximum Gasteiger partial charge on any atom is 0.410 e. The van der Waals surface area contributed by atoms with Crippen molar-refractivity contribution in [2.75, 3.05) is 19.6 Å². The lowest BCUT2D eigenvalue weighted by molar-refractivity contribution is 0.0122. The minimum absolute atomic E-state index is 0.144. The second-order valence-electron chi connectivity index (χ2n) is 7.15. The third kappa shape index (κ3) is 4.47. The average Bonchev–Trinajstić information content (AvgIpc) is 2.41. The third-order valence-electron chi connectivity index (χ3n) is 4.02. The number of piperazine rings is 1. The standard InChI is InChI=1S/C18H28N2O2/c1-13-6-7-15(10-14(13)2)11-16-12-19-8-9-20(16)17(21)22-18(3,4)5/h6-7,10,16,19H,8-9,11-12H2,1-5H3. The van der Waals surface area contributed by atoms with Gasteiger partial charge in [-0.3, -0.25) is 0 Å². The summed E-state index contributed by atoms with van der Waals surface area (Å²) in [5.74, 6) is 0. The highest BCUT2D eigenvalue weighted by Gasteiger charge is 2.30. The van der Waals surface area contributed by atoms with Gasteiger partial charge in [-0.05, 0) is 57.7 Å². The number of carbonyl (C=O) groups excluding carboxylic acids is 1. The first-order chi connectivity index (χ1) is 10.3. The molecule has 1 aliphatic heterocycles. The number of amides is 1. The highest BCUT2D eigenvalue weighted by molar-refractivity contribution is 5.68. The first-order valence-electron chi connectivity index (χ1n) is 8.03. The number of rotatable bonds is 2. The average molecular weight is 304 g/mol. The number of benzene rings is 1. The molecule has 1 heterocycles.